The molecule has 13 heteroatoms. The Morgan fingerprint density at radius 2 is 1.60 bits per heavy atom. The third-order valence-corrected chi connectivity index (χ3v) is 10.6. The monoisotopic (exact) mass is 669 g/mol. The van der Waals surface area contributed by atoms with Gasteiger partial charge in [0.1, 0.15) is 23.9 Å². The van der Waals surface area contributed by atoms with Crippen molar-refractivity contribution in [3.63, 3.8) is 0 Å². The van der Waals surface area contributed by atoms with E-state index in [1.54, 1.807) is 46.4 Å². The highest BCUT2D eigenvalue weighted by Gasteiger charge is 2.60. The van der Waals surface area contributed by atoms with Crippen LogP contribution >= 0.6 is 0 Å². The van der Waals surface area contributed by atoms with Crippen molar-refractivity contribution < 1.29 is 48.0 Å². The fourth-order valence-electron chi connectivity index (χ4n) is 7.93. The van der Waals surface area contributed by atoms with Gasteiger partial charge in [0.05, 0.1) is 30.5 Å². The first kappa shape index (κ1) is 39.3. The Morgan fingerprint density at radius 3 is 2.13 bits per heavy atom. The van der Waals surface area contributed by atoms with Crippen molar-refractivity contribution >= 4 is 23.6 Å². The third kappa shape index (κ3) is 7.86. The van der Waals surface area contributed by atoms with Crippen LogP contribution in [0.5, 0.6) is 0 Å². The van der Waals surface area contributed by atoms with Crippen molar-refractivity contribution in [2.45, 2.75) is 129 Å². The number of methoxy groups -OCH3 is 1. The second kappa shape index (κ2) is 15.2. The van der Waals surface area contributed by atoms with E-state index in [1.807, 2.05) is 40.0 Å². The van der Waals surface area contributed by atoms with Crippen LogP contribution in [0.1, 0.15) is 74.7 Å². The Bertz CT molecular complexity index is 1150. The van der Waals surface area contributed by atoms with Gasteiger partial charge in [-0.3, -0.25) is 24.2 Å². The highest BCUT2D eigenvalue weighted by Crippen LogP contribution is 2.43. The Kier molecular flexibility index (Phi) is 12.7. The Balaban J connectivity index is 2.14. The maximum Gasteiger partial charge on any atom is 0.411 e. The van der Waals surface area contributed by atoms with E-state index in [0.29, 0.717) is 6.42 Å². The van der Waals surface area contributed by atoms with Crippen LogP contribution in [0.2, 0.25) is 0 Å². The molecule has 3 rings (SSSR count). The summed E-state index contributed by atoms with van der Waals surface area (Å²) in [5.41, 5.74) is -2.61. The standard InChI is InChI=1S/C34H59N3O10/c1-14-24-34(8)28(37(17-35(9)10)32(42)47-34)20(4)25(38)18(2)16-33(7,43-13)29(21(5)26(39)22(6)30(41)45-24)46-31-27(40)23(36(11)12)15-19(3)44-31/h18-24,27-29,31,40H,14-17H2,1-13H3. The van der Waals surface area contributed by atoms with E-state index in [2.05, 4.69) is 0 Å². The fourth-order valence-corrected chi connectivity index (χ4v) is 7.93. The molecular formula is C34H59N3O10. The van der Waals surface area contributed by atoms with Crippen molar-refractivity contribution in [1.29, 1.82) is 0 Å². The minimum absolute atomic E-state index is 0.145. The molecule has 13 unspecified atom stereocenters. The van der Waals surface area contributed by atoms with Crippen LogP contribution in [-0.4, -0.2) is 139 Å². The zero-order valence-electron chi connectivity index (χ0n) is 30.6. The molecule has 13 nitrogen and oxygen atoms in total. The summed E-state index contributed by atoms with van der Waals surface area (Å²) in [6.45, 7) is 14.1. The topological polar surface area (TPSA) is 144 Å². The van der Waals surface area contributed by atoms with Crippen molar-refractivity contribution in [3.8, 4) is 0 Å². The van der Waals surface area contributed by atoms with Crippen LogP contribution in [0.4, 0.5) is 4.79 Å². The number of cyclic esters (lactones) is 1. The SMILES string of the molecule is CCC1OC(=O)C(C)C(=O)C(C)C(OC2OC(C)CC(N(C)C)C2O)C(C)(OC)CC(C)C(=O)C(C)C2N(CN(C)C)C(=O)OC12C. The zero-order chi connectivity index (χ0) is 35.8. The molecule has 0 aromatic rings. The number of carbonyl (C=O) groups excluding carboxylic acids is 4. The molecule has 0 aromatic carbocycles. The summed E-state index contributed by atoms with van der Waals surface area (Å²) >= 11 is 0. The molecule has 3 saturated heterocycles. The first-order chi connectivity index (χ1) is 21.7. The van der Waals surface area contributed by atoms with Crippen molar-refractivity contribution in [2.24, 2.45) is 23.7 Å². The highest BCUT2D eigenvalue weighted by atomic mass is 16.7. The number of nitrogens with zero attached hydrogens (tertiary/aromatic N) is 3. The largest absolute Gasteiger partial charge is 0.458 e. The summed E-state index contributed by atoms with van der Waals surface area (Å²) in [7, 11) is 8.85. The zero-order valence-corrected chi connectivity index (χ0v) is 30.6. The molecule has 13 atom stereocenters. The number of Topliss-reactive ketones (excluding diaryl/α,β-unsaturated/α-hetero) is 2. The Hall–Kier alpha value is -2.16. The lowest BCUT2D eigenvalue weighted by Gasteiger charge is -2.47. The van der Waals surface area contributed by atoms with Gasteiger partial charge in [0.15, 0.2) is 17.7 Å². The van der Waals surface area contributed by atoms with Gasteiger partial charge in [-0.25, -0.2) is 4.79 Å². The molecule has 3 aliphatic rings. The summed E-state index contributed by atoms with van der Waals surface area (Å²) in [6.07, 6.45) is -3.93. The van der Waals surface area contributed by atoms with Crippen LogP contribution in [-0.2, 0) is 38.1 Å². The fraction of sp³-hybridized carbons (Fsp3) is 0.882. The number of amides is 1. The molecule has 0 aliphatic carbocycles. The number of fused-ring (bicyclic) bond motifs is 1. The van der Waals surface area contributed by atoms with Gasteiger partial charge in [0.25, 0.3) is 0 Å². The number of ether oxygens (including phenoxy) is 5. The van der Waals surface area contributed by atoms with Crippen molar-refractivity contribution in [3.05, 3.63) is 0 Å². The van der Waals surface area contributed by atoms with Crippen LogP contribution in [0.3, 0.4) is 0 Å². The molecule has 270 valence electrons. The average Bonchev–Trinajstić information content (AvgIpc) is 3.25. The number of aliphatic hydroxyl groups is 1. The van der Waals surface area contributed by atoms with Crippen molar-refractivity contribution in [1.82, 2.24) is 14.7 Å². The van der Waals surface area contributed by atoms with Gasteiger partial charge in [0.2, 0.25) is 0 Å². The lowest BCUT2D eigenvalue weighted by molar-refractivity contribution is -0.295. The van der Waals surface area contributed by atoms with Gasteiger partial charge in [-0.15, -0.1) is 0 Å². The normalized spacial score (nSPS) is 42.7. The molecule has 0 aromatic heterocycles. The van der Waals surface area contributed by atoms with Gasteiger partial charge >= 0.3 is 12.1 Å². The lowest BCUT2D eigenvalue weighted by Crippen LogP contribution is -2.60. The predicted octanol–water partition coefficient (Wildman–Crippen LogP) is 2.71. The van der Waals surface area contributed by atoms with E-state index < -0.39 is 83.4 Å². The summed E-state index contributed by atoms with van der Waals surface area (Å²) < 4.78 is 30.7. The van der Waals surface area contributed by atoms with Gasteiger partial charge in [0, 0.05) is 30.9 Å². The molecule has 3 aliphatic heterocycles. The Morgan fingerprint density at radius 1 is 0.979 bits per heavy atom. The minimum atomic E-state index is -1.37. The van der Waals surface area contributed by atoms with Crippen LogP contribution in [0.25, 0.3) is 0 Å². The smallest absolute Gasteiger partial charge is 0.411 e. The second-order valence-electron chi connectivity index (χ2n) is 14.9. The van der Waals surface area contributed by atoms with E-state index in [0.717, 1.165) is 0 Å². The van der Waals surface area contributed by atoms with Crippen LogP contribution in [0.15, 0.2) is 0 Å². The number of rotatable bonds is 7. The summed E-state index contributed by atoms with van der Waals surface area (Å²) in [4.78, 5) is 60.8. The molecule has 1 amide bonds. The maximum atomic E-state index is 14.4. The quantitative estimate of drug-likeness (QED) is 0.314. The molecule has 0 spiro atoms. The first-order valence-electron chi connectivity index (χ1n) is 16.9. The molecule has 0 radical (unpaired) electrons. The van der Waals surface area contributed by atoms with E-state index >= 15 is 0 Å². The number of ketones is 2. The maximum absolute atomic E-state index is 14.4. The summed E-state index contributed by atoms with van der Waals surface area (Å²) in [5.74, 6) is -4.84. The van der Waals surface area contributed by atoms with E-state index in [1.165, 1.54) is 18.9 Å². The van der Waals surface area contributed by atoms with Gasteiger partial charge in [-0.1, -0.05) is 27.7 Å². The molecule has 47 heavy (non-hydrogen) atoms. The number of hydrogen-bond acceptors (Lipinski definition) is 12. The van der Waals surface area contributed by atoms with E-state index in [4.69, 9.17) is 23.7 Å². The minimum Gasteiger partial charge on any atom is -0.458 e. The van der Waals surface area contributed by atoms with Crippen LogP contribution < -0.4 is 0 Å². The van der Waals surface area contributed by atoms with Gasteiger partial charge < -0.3 is 33.7 Å². The van der Waals surface area contributed by atoms with E-state index in [9.17, 15) is 24.3 Å². The molecule has 3 fully saturated rings. The highest BCUT2D eigenvalue weighted by molar-refractivity contribution is 6.00. The number of likely N-dealkylation sites (N-methyl/N-ethyl adjacent to an activating group) is 1. The molecular weight excluding hydrogens is 610 g/mol. The second-order valence-corrected chi connectivity index (χ2v) is 14.9. The van der Waals surface area contributed by atoms with Crippen molar-refractivity contribution in [2.75, 3.05) is 42.0 Å². The number of aliphatic hydroxyl groups excluding tert-OH is 1. The Labute approximate surface area is 280 Å². The number of esters is 1. The molecule has 0 bridgehead atoms. The number of carbonyl (C=O) groups is 4. The van der Waals surface area contributed by atoms with Crippen LogP contribution in [0, 0.1) is 23.7 Å². The van der Waals surface area contributed by atoms with E-state index in [-0.39, 0.29) is 37.4 Å². The number of hydrogen-bond donors (Lipinski definition) is 1. The van der Waals surface area contributed by atoms with Gasteiger partial charge in [-0.05, 0) is 75.1 Å². The predicted molar refractivity (Wildman–Crippen MR) is 173 cm³/mol. The lowest BCUT2D eigenvalue weighted by atomic mass is 9.73. The first-order valence-corrected chi connectivity index (χ1v) is 16.9. The average molecular weight is 670 g/mol. The molecule has 0 saturated carbocycles. The van der Waals surface area contributed by atoms with Gasteiger partial charge in [-0.2, -0.15) is 0 Å². The summed E-state index contributed by atoms with van der Waals surface area (Å²) in [6, 6.07) is -1.03. The third-order valence-electron chi connectivity index (χ3n) is 10.6. The molecule has 3 heterocycles. The molecule has 1 N–H and O–H groups in total. The summed E-state index contributed by atoms with van der Waals surface area (Å²) in [5, 5.41) is 11.3.